The molecule has 2 aromatic carbocycles. The average molecular weight is 467 g/mol. The van der Waals surface area contributed by atoms with E-state index in [1.54, 1.807) is 0 Å². The molecule has 0 radical (unpaired) electrons. The van der Waals surface area contributed by atoms with Crippen LogP contribution in [0.3, 0.4) is 0 Å². The molecule has 0 aromatic heterocycles. The predicted octanol–water partition coefficient (Wildman–Crippen LogP) is 5.25. The Morgan fingerprint density at radius 1 is 0.882 bits per heavy atom. The molecule has 182 valence electrons. The van der Waals surface area contributed by atoms with E-state index in [0.29, 0.717) is 24.7 Å². The second kappa shape index (κ2) is 10.4. The van der Waals surface area contributed by atoms with E-state index in [-0.39, 0.29) is 30.2 Å². The number of epoxide rings is 2. The van der Waals surface area contributed by atoms with Crippen molar-refractivity contribution < 1.29 is 28.5 Å². The van der Waals surface area contributed by atoms with Crippen molar-refractivity contribution in [2.24, 2.45) is 0 Å². The Balaban J connectivity index is 1.13. The Morgan fingerprint density at radius 2 is 1.47 bits per heavy atom. The number of hydrogen-bond acceptors (Lipinski definition) is 6. The molecule has 0 spiro atoms. The lowest BCUT2D eigenvalue weighted by molar-refractivity contribution is 0.0193. The normalized spacial score (nSPS) is 25.6. The van der Waals surface area contributed by atoms with E-state index < -0.39 is 0 Å². The predicted molar refractivity (Wildman–Crippen MR) is 128 cm³/mol. The van der Waals surface area contributed by atoms with Crippen LogP contribution >= 0.6 is 0 Å². The number of carbonyl (C=O) groups is 1. The summed E-state index contributed by atoms with van der Waals surface area (Å²) in [6, 6.07) is 14.1. The Kier molecular flexibility index (Phi) is 7.07. The van der Waals surface area contributed by atoms with E-state index >= 15 is 0 Å². The summed E-state index contributed by atoms with van der Waals surface area (Å²) in [6.07, 6.45) is 4.23. The molecule has 2 heterocycles. The van der Waals surface area contributed by atoms with Crippen LogP contribution in [0.25, 0.3) is 0 Å². The molecule has 0 N–H and O–H groups in total. The molecule has 6 heteroatoms. The third-order valence-electron chi connectivity index (χ3n) is 6.84. The van der Waals surface area contributed by atoms with Gasteiger partial charge in [-0.2, -0.15) is 0 Å². The van der Waals surface area contributed by atoms with Crippen LogP contribution in [-0.2, 0) is 14.2 Å². The van der Waals surface area contributed by atoms with Gasteiger partial charge in [0.05, 0.1) is 18.8 Å². The molecular formula is C28H34O6. The van der Waals surface area contributed by atoms with Crippen LogP contribution in [0.4, 0.5) is 0 Å². The topological polar surface area (TPSA) is 69.8 Å². The van der Waals surface area contributed by atoms with Crippen LogP contribution < -0.4 is 9.47 Å². The van der Waals surface area contributed by atoms with Gasteiger partial charge in [0, 0.05) is 0 Å². The van der Waals surface area contributed by atoms with Crippen molar-refractivity contribution in [2.45, 2.75) is 69.7 Å². The minimum Gasteiger partial charge on any atom is -0.491 e. The maximum absolute atomic E-state index is 13.0. The number of carbonyl (C=O) groups excluding carboxylic acids is 1. The molecule has 34 heavy (non-hydrogen) atoms. The van der Waals surface area contributed by atoms with Crippen molar-refractivity contribution in [1.82, 2.24) is 0 Å². The summed E-state index contributed by atoms with van der Waals surface area (Å²) < 4.78 is 27.9. The fraction of sp³-hybridized carbons (Fsp3) is 0.536. The molecule has 1 saturated carbocycles. The monoisotopic (exact) mass is 466 g/mol. The molecule has 2 aliphatic heterocycles. The van der Waals surface area contributed by atoms with Gasteiger partial charge in [0.15, 0.2) is 0 Å². The van der Waals surface area contributed by atoms with Crippen molar-refractivity contribution in [3.63, 3.8) is 0 Å². The zero-order valence-electron chi connectivity index (χ0n) is 20.0. The fourth-order valence-corrected chi connectivity index (χ4v) is 4.57. The molecule has 5 rings (SSSR count). The Labute approximate surface area is 201 Å². The van der Waals surface area contributed by atoms with Crippen molar-refractivity contribution in [2.75, 3.05) is 26.4 Å². The van der Waals surface area contributed by atoms with E-state index in [2.05, 4.69) is 26.0 Å². The summed E-state index contributed by atoms with van der Waals surface area (Å²) in [4.78, 5) is 13.0. The SMILES string of the molecule is CC(C)c1cc(OCC2CO2)ccc1C(=O)OC1CCC(c2ccc(OCC3CO3)cc2)CC1. The molecular weight excluding hydrogens is 432 g/mol. The second-order valence-corrected chi connectivity index (χ2v) is 9.88. The van der Waals surface area contributed by atoms with Crippen LogP contribution in [0.5, 0.6) is 11.5 Å². The summed E-state index contributed by atoms with van der Waals surface area (Å²) in [7, 11) is 0. The maximum atomic E-state index is 13.0. The quantitative estimate of drug-likeness (QED) is 0.352. The molecule has 3 aliphatic rings. The fourth-order valence-electron chi connectivity index (χ4n) is 4.57. The highest BCUT2D eigenvalue weighted by Crippen LogP contribution is 2.35. The Morgan fingerprint density at radius 3 is 2.06 bits per heavy atom. The number of rotatable bonds is 10. The number of benzene rings is 2. The zero-order valence-corrected chi connectivity index (χ0v) is 20.0. The highest BCUT2D eigenvalue weighted by atomic mass is 16.6. The van der Waals surface area contributed by atoms with Crippen LogP contribution in [0.15, 0.2) is 42.5 Å². The summed E-state index contributed by atoms with van der Waals surface area (Å²) in [5.74, 6) is 2.12. The van der Waals surface area contributed by atoms with E-state index in [9.17, 15) is 4.79 Å². The van der Waals surface area contributed by atoms with Gasteiger partial charge >= 0.3 is 5.97 Å². The molecule has 1 aliphatic carbocycles. The van der Waals surface area contributed by atoms with Crippen LogP contribution in [0, 0.1) is 0 Å². The van der Waals surface area contributed by atoms with Crippen molar-refractivity contribution >= 4 is 5.97 Å². The first-order valence-corrected chi connectivity index (χ1v) is 12.5. The standard InChI is InChI=1S/C28H34O6/c1-18(2)27-13-23(31-15-25-17-33-25)11-12-26(27)28(29)34-22-9-5-20(6-10-22)19-3-7-21(8-4-19)30-14-24-16-32-24/h3-4,7-8,11-13,18,20,22,24-25H,5-6,9-10,14-17H2,1-2H3. The third kappa shape index (κ3) is 6.10. The first kappa shape index (κ1) is 23.2. The molecule has 6 nitrogen and oxygen atoms in total. The van der Waals surface area contributed by atoms with Crippen molar-refractivity contribution in [3.05, 3.63) is 59.2 Å². The first-order chi connectivity index (χ1) is 16.5. The van der Waals surface area contributed by atoms with Gasteiger partial charge in [-0.25, -0.2) is 4.79 Å². The van der Waals surface area contributed by atoms with E-state index in [4.69, 9.17) is 23.7 Å². The van der Waals surface area contributed by atoms with Gasteiger partial charge in [-0.1, -0.05) is 26.0 Å². The average Bonchev–Trinajstić information content (AvgIpc) is 3.77. The molecule has 2 aromatic rings. The summed E-state index contributed by atoms with van der Waals surface area (Å²) in [5, 5.41) is 0. The van der Waals surface area contributed by atoms with E-state index in [1.807, 2.05) is 30.3 Å². The Hall–Kier alpha value is -2.57. The van der Waals surface area contributed by atoms with Gasteiger partial charge < -0.3 is 23.7 Å². The lowest BCUT2D eigenvalue weighted by atomic mass is 9.82. The van der Waals surface area contributed by atoms with E-state index in [1.165, 1.54) is 5.56 Å². The molecule has 3 fully saturated rings. The lowest BCUT2D eigenvalue weighted by Gasteiger charge is -2.29. The van der Waals surface area contributed by atoms with Gasteiger partial charge in [0.25, 0.3) is 0 Å². The van der Waals surface area contributed by atoms with Gasteiger partial charge in [0.1, 0.15) is 43.0 Å². The summed E-state index contributed by atoms with van der Waals surface area (Å²) in [6.45, 7) is 6.91. The molecule has 2 saturated heterocycles. The van der Waals surface area contributed by atoms with Gasteiger partial charge in [-0.3, -0.25) is 0 Å². The van der Waals surface area contributed by atoms with Gasteiger partial charge in [-0.15, -0.1) is 0 Å². The molecule has 0 amide bonds. The molecule has 0 bridgehead atoms. The number of hydrogen-bond donors (Lipinski definition) is 0. The summed E-state index contributed by atoms with van der Waals surface area (Å²) >= 11 is 0. The smallest absolute Gasteiger partial charge is 0.338 e. The largest absolute Gasteiger partial charge is 0.491 e. The van der Waals surface area contributed by atoms with Crippen LogP contribution in [0.2, 0.25) is 0 Å². The molecule has 2 unspecified atom stereocenters. The van der Waals surface area contributed by atoms with Crippen molar-refractivity contribution in [1.29, 1.82) is 0 Å². The zero-order chi connectivity index (χ0) is 23.5. The summed E-state index contributed by atoms with van der Waals surface area (Å²) in [5.41, 5.74) is 2.93. The lowest BCUT2D eigenvalue weighted by Crippen LogP contribution is -2.24. The van der Waals surface area contributed by atoms with E-state index in [0.717, 1.165) is 56.0 Å². The Bertz CT molecular complexity index is 969. The van der Waals surface area contributed by atoms with Gasteiger partial charge in [0.2, 0.25) is 0 Å². The highest BCUT2D eigenvalue weighted by molar-refractivity contribution is 5.91. The third-order valence-corrected chi connectivity index (χ3v) is 6.84. The highest BCUT2D eigenvalue weighted by Gasteiger charge is 2.27. The first-order valence-electron chi connectivity index (χ1n) is 12.5. The van der Waals surface area contributed by atoms with Crippen LogP contribution in [-0.4, -0.2) is 50.7 Å². The number of esters is 1. The minimum absolute atomic E-state index is 0.0344. The van der Waals surface area contributed by atoms with Crippen molar-refractivity contribution in [3.8, 4) is 11.5 Å². The van der Waals surface area contributed by atoms with Gasteiger partial charge in [-0.05, 0) is 79.0 Å². The molecule has 2 atom stereocenters. The maximum Gasteiger partial charge on any atom is 0.338 e. The number of ether oxygens (including phenoxy) is 5. The van der Waals surface area contributed by atoms with Crippen LogP contribution in [0.1, 0.15) is 72.9 Å². The minimum atomic E-state index is -0.231. The second-order valence-electron chi connectivity index (χ2n) is 9.88.